The zero-order chi connectivity index (χ0) is 23.2. The van der Waals surface area contributed by atoms with E-state index in [-0.39, 0.29) is 31.3 Å². The number of hydrogen-bond donors (Lipinski definition) is 3. The van der Waals surface area contributed by atoms with E-state index in [0.29, 0.717) is 12.2 Å². The Balaban J connectivity index is 1.83. The minimum atomic E-state index is -1.01. The van der Waals surface area contributed by atoms with Crippen LogP contribution >= 0.6 is 0 Å². The molecule has 31 heavy (non-hydrogen) atoms. The van der Waals surface area contributed by atoms with Gasteiger partial charge in [-0.2, -0.15) is 5.26 Å². The van der Waals surface area contributed by atoms with E-state index >= 15 is 0 Å². The molecule has 2 atom stereocenters. The van der Waals surface area contributed by atoms with Gasteiger partial charge in [-0.05, 0) is 65.2 Å². The van der Waals surface area contributed by atoms with Gasteiger partial charge in [-0.3, -0.25) is 9.59 Å². The minimum Gasteiger partial charge on any atom is -0.493 e. The first-order valence-corrected chi connectivity index (χ1v) is 10.5. The van der Waals surface area contributed by atoms with Gasteiger partial charge in [0.05, 0.1) is 25.0 Å². The normalized spacial score (nSPS) is 18.7. The lowest BCUT2D eigenvalue weighted by molar-refractivity contribution is -0.125. The number of nitriles is 1. The summed E-state index contributed by atoms with van der Waals surface area (Å²) in [6.07, 6.45) is 0.930. The molecule has 2 rings (SSSR count). The molecule has 1 saturated heterocycles. The van der Waals surface area contributed by atoms with Crippen LogP contribution in [0.2, 0.25) is 0 Å². The highest BCUT2D eigenvalue weighted by atomic mass is 16.5. The third kappa shape index (κ3) is 8.23. The highest BCUT2D eigenvalue weighted by Gasteiger charge is 2.44. The van der Waals surface area contributed by atoms with E-state index in [1.165, 1.54) is 0 Å². The molecule has 0 aliphatic carbocycles. The summed E-state index contributed by atoms with van der Waals surface area (Å²) in [5, 5.41) is 24.9. The average Bonchev–Trinajstić information content (AvgIpc) is 2.89. The smallest absolute Gasteiger partial charge is 0.478 e. The summed E-state index contributed by atoms with van der Waals surface area (Å²) in [5.41, 5.74) is -0.0842. The van der Waals surface area contributed by atoms with Crippen LogP contribution in [0.5, 0.6) is 5.75 Å². The van der Waals surface area contributed by atoms with E-state index in [4.69, 9.17) is 9.39 Å². The molecule has 168 valence electrons. The molecule has 1 fully saturated rings. The van der Waals surface area contributed by atoms with Gasteiger partial charge in [0.1, 0.15) is 11.7 Å². The molecule has 3 N–H and O–H groups in total. The lowest BCUT2D eigenvalue weighted by Crippen LogP contribution is -2.44. The molecule has 1 aliphatic heterocycles. The van der Waals surface area contributed by atoms with Crippen molar-refractivity contribution in [2.24, 2.45) is 5.92 Å². The van der Waals surface area contributed by atoms with Crippen molar-refractivity contribution in [1.29, 1.82) is 5.26 Å². The number of rotatable bonds is 8. The van der Waals surface area contributed by atoms with Crippen LogP contribution in [0, 0.1) is 17.2 Å². The van der Waals surface area contributed by atoms with Gasteiger partial charge in [0.15, 0.2) is 0 Å². The van der Waals surface area contributed by atoms with Crippen molar-refractivity contribution < 1.29 is 24.0 Å². The quantitative estimate of drug-likeness (QED) is 0.542. The number of carbonyl (C=O) groups is 2. The molecule has 2 amide bonds. The van der Waals surface area contributed by atoms with Crippen LogP contribution in [0.15, 0.2) is 24.3 Å². The number of carbonyl (C=O) groups excluding carboxylic acids is 2. The van der Waals surface area contributed by atoms with Crippen molar-refractivity contribution in [2.75, 3.05) is 6.61 Å². The first-order chi connectivity index (χ1) is 14.4. The molecule has 1 aliphatic rings. The Morgan fingerprint density at radius 1 is 1.42 bits per heavy atom. The molecule has 1 heterocycles. The van der Waals surface area contributed by atoms with Crippen LogP contribution in [0.25, 0.3) is 0 Å². The van der Waals surface area contributed by atoms with E-state index in [0.717, 1.165) is 5.56 Å². The number of nitrogens with one attached hydrogen (secondary N) is 2. The van der Waals surface area contributed by atoms with E-state index in [2.05, 4.69) is 16.7 Å². The number of hydrogen-bond acceptors (Lipinski definition) is 6. The summed E-state index contributed by atoms with van der Waals surface area (Å²) >= 11 is 0. The Morgan fingerprint density at radius 2 is 2.13 bits per heavy atom. The van der Waals surface area contributed by atoms with E-state index in [1.807, 2.05) is 40.7 Å². The van der Waals surface area contributed by atoms with Gasteiger partial charge in [-0.1, -0.05) is 12.1 Å². The van der Waals surface area contributed by atoms with Crippen LogP contribution < -0.4 is 15.4 Å². The van der Waals surface area contributed by atoms with Crippen LogP contribution in [0.3, 0.4) is 0 Å². The third-order valence-corrected chi connectivity index (χ3v) is 4.75. The van der Waals surface area contributed by atoms with E-state index < -0.39 is 30.1 Å². The number of ether oxygens (including phenoxy) is 1. The molecule has 0 radical (unpaired) electrons. The van der Waals surface area contributed by atoms with Crippen LogP contribution in [0.4, 0.5) is 0 Å². The molecular formula is C22H32BN3O5. The highest BCUT2D eigenvalue weighted by molar-refractivity contribution is 6.46. The zero-order valence-corrected chi connectivity index (χ0v) is 18.9. The van der Waals surface area contributed by atoms with E-state index in [1.54, 1.807) is 18.2 Å². The average molecular weight is 429 g/mol. The number of benzene rings is 1. The second kappa shape index (κ2) is 10.2. The summed E-state index contributed by atoms with van der Waals surface area (Å²) in [4.78, 5) is 24.4. The Labute approximate surface area is 184 Å². The molecule has 1 aromatic carbocycles. The van der Waals surface area contributed by atoms with Gasteiger partial charge in [0.2, 0.25) is 11.8 Å². The summed E-state index contributed by atoms with van der Waals surface area (Å²) in [6, 6.07) is 9.20. The summed E-state index contributed by atoms with van der Waals surface area (Å²) < 4.78 is 11.1. The Kier molecular flexibility index (Phi) is 8.10. The van der Waals surface area contributed by atoms with Gasteiger partial charge < -0.3 is 25.0 Å². The maximum absolute atomic E-state index is 12.3. The fourth-order valence-electron chi connectivity index (χ4n) is 3.40. The Morgan fingerprint density at radius 3 is 2.71 bits per heavy atom. The zero-order valence-electron chi connectivity index (χ0n) is 18.9. The van der Waals surface area contributed by atoms with E-state index in [9.17, 15) is 19.9 Å². The summed E-state index contributed by atoms with van der Waals surface area (Å²) in [6.45, 7) is 9.49. The predicted octanol–water partition coefficient (Wildman–Crippen LogP) is 1.76. The van der Waals surface area contributed by atoms with Crippen LogP contribution in [-0.4, -0.2) is 47.6 Å². The fourth-order valence-corrected chi connectivity index (χ4v) is 3.40. The first kappa shape index (κ1) is 24.7. The lowest BCUT2D eigenvalue weighted by atomic mass is 9.79. The summed E-state index contributed by atoms with van der Waals surface area (Å²) in [7, 11) is -1.01. The molecule has 0 spiro atoms. The fraction of sp³-hybridized carbons (Fsp3) is 0.591. The van der Waals surface area contributed by atoms with Crippen molar-refractivity contribution in [3.8, 4) is 11.8 Å². The molecule has 1 unspecified atom stereocenters. The predicted molar refractivity (Wildman–Crippen MR) is 117 cm³/mol. The third-order valence-electron chi connectivity index (χ3n) is 4.75. The molecule has 0 saturated carbocycles. The SMILES string of the molecule is CC(C)(C)NC(=O)C(C#N)Cc1cccc(OCCC(=O)N[C@H]2CC(C)(C)OB2O)c1. The topological polar surface area (TPSA) is 121 Å². The molecule has 9 heteroatoms. The van der Waals surface area contributed by atoms with Crippen molar-refractivity contribution >= 4 is 18.9 Å². The van der Waals surface area contributed by atoms with Crippen molar-refractivity contribution in [3.63, 3.8) is 0 Å². The highest BCUT2D eigenvalue weighted by Crippen LogP contribution is 2.26. The second-order valence-corrected chi connectivity index (χ2v) is 9.52. The standard InChI is InChI=1S/C22H32BN3O5/c1-21(2,3)26-20(28)16(14-24)11-15-7-6-8-17(12-15)30-10-9-19(27)25-18-13-22(4,5)31-23(18)29/h6-8,12,16,18,29H,9-11,13H2,1-5H3,(H,25,27)(H,26,28)/t16?,18-/m0/s1. The number of nitrogens with zero attached hydrogens (tertiary/aromatic N) is 1. The lowest BCUT2D eigenvalue weighted by Gasteiger charge is -2.22. The Bertz CT molecular complexity index is 831. The van der Waals surface area contributed by atoms with Gasteiger partial charge in [0, 0.05) is 11.1 Å². The van der Waals surface area contributed by atoms with Gasteiger partial charge in [-0.15, -0.1) is 0 Å². The monoisotopic (exact) mass is 429 g/mol. The van der Waals surface area contributed by atoms with Crippen molar-refractivity contribution in [2.45, 2.75) is 71.0 Å². The molecule has 1 aromatic rings. The molecule has 0 aromatic heterocycles. The summed E-state index contributed by atoms with van der Waals surface area (Å²) in [5.74, 6) is -1.22. The maximum Gasteiger partial charge on any atom is 0.478 e. The minimum absolute atomic E-state index is 0.128. The second-order valence-electron chi connectivity index (χ2n) is 9.52. The van der Waals surface area contributed by atoms with Gasteiger partial charge in [0.25, 0.3) is 0 Å². The maximum atomic E-state index is 12.3. The van der Waals surface area contributed by atoms with Crippen LogP contribution in [0.1, 0.15) is 53.0 Å². The van der Waals surface area contributed by atoms with Gasteiger partial charge >= 0.3 is 7.12 Å². The van der Waals surface area contributed by atoms with Crippen LogP contribution in [-0.2, 0) is 20.7 Å². The Hall–Kier alpha value is -2.57. The van der Waals surface area contributed by atoms with Gasteiger partial charge in [-0.25, -0.2) is 0 Å². The van der Waals surface area contributed by atoms with Crippen molar-refractivity contribution in [3.05, 3.63) is 29.8 Å². The molecule has 0 bridgehead atoms. The largest absolute Gasteiger partial charge is 0.493 e. The van der Waals surface area contributed by atoms with Crippen molar-refractivity contribution in [1.82, 2.24) is 10.6 Å². The molecule has 8 nitrogen and oxygen atoms in total. The molecular weight excluding hydrogens is 397 g/mol. The first-order valence-electron chi connectivity index (χ1n) is 10.5. The number of amides is 2.